The van der Waals surface area contributed by atoms with Crippen molar-refractivity contribution >= 4 is 5.91 Å². The second-order valence-corrected chi connectivity index (χ2v) is 11.5. The third-order valence-corrected chi connectivity index (χ3v) is 7.48. The number of hydrogen-bond donors (Lipinski definition) is 2. The highest BCUT2D eigenvalue weighted by molar-refractivity contribution is 5.81. The van der Waals surface area contributed by atoms with Crippen LogP contribution in [0, 0.1) is 5.92 Å². The Bertz CT molecular complexity index is 463. The lowest BCUT2D eigenvalue weighted by Gasteiger charge is -2.22. The predicted octanol–water partition coefficient (Wildman–Crippen LogP) is 9.89. The Labute approximate surface area is 227 Å². The maximum Gasteiger partial charge on any atom is 0.237 e. The van der Waals surface area contributed by atoms with E-state index in [1.807, 2.05) is 6.08 Å². The topological polar surface area (TPSA) is 41.1 Å². The van der Waals surface area contributed by atoms with Crippen molar-refractivity contribution in [2.24, 2.45) is 5.92 Å². The molecule has 1 amide bonds. The van der Waals surface area contributed by atoms with E-state index < -0.39 is 0 Å². The molecule has 0 saturated carbocycles. The molecule has 0 aromatic heterocycles. The molecule has 0 unspecified atom stereocenters. The maximum absolute atomic E-state index is 12.6. The van der Waals surface area contributed by atoms with Crippen molar-refractivity contribution in [3.05, 3.63) is 12.7 Å². The Morgan fingerprint density at radius 3 is 1.42 bits per heavy atom. The van der Waals surface area contributed by atoms with Gasteiger partial charge in [0.05, 0.1) is 6.04 Å². The zero-order chi connectivity index (χ0) is 26.5. The van der Waals surface area contributed by atoms with Crippen molar-refractivity contribution in [3.8, 4) is 0 Å². The van der Waals surface area contributed by atoms with Crippen LogP contribution in [-0.4, -0.2) is 25.0 Å². The number of unbranched alkanes of at least 4 members (excludes halogenated alkanes) is 21. The molecule has 0 aliphatic heterocycles. The highest BCUT2D eigenvalue weighted by Crippen LogP contribution is 2.14. The predicted molar refractivity (Wildman–Crippen MR) is 162 cm³/mol. The number of rotatable bonds is 29. The molecule has 3 heteroatoms. The Kier molecular flexibility index (Phi) is 28.1. The Balaban J connectivity index is 3.51. The molecule has 2 N–H and O–H groups in total. The molecule has 0 aliphatic carbocycles. The Morgan fingerprint density at radius 1 is 0.611 bits per heavy atom. The van der Waals surface area contributed by atoms with Crippen molar-refractivity contribution in [2.45, 2.75) is 174 Å². The van der Waals surface area contributed by atoms with E-state index in [0.29, 0.717) is 5.92 Å². The maximum atomic E-state index is 12.6. The molecule has 1 atom stereocenters. The van der Waals surface area contributed by atoms with E-state index in [1.54, 1.807) is 0 Å². The van der Waals surface area contributed by atoms with Gasteiger partial charge < -0.3 is 10.6 Å². The molecule has 0 aliphatic rings. The van der Waals surface area contributed by atoms with Gasteiger partial charge in [0.25, 0.3) is 0 Å². The van der Waals surface area contributed by atoms with Gasteiger partial charge in [0.15, 0.2) is 0 Å². The molecule has 0 saturated heterocycles. The number of carbonyl (C=O) groups excluding carboxylic acids is 1. The zero-order valence-electron chi connectivity index (χ0n) is 25.0. The molecule has 0 aromatic rings. The van der Waals surface area contributed by atoms with Crippen LogP contribution in [0.2, 0.25) is 0 Å². The van der Waals surface area contributed by atoms with Crippen LogP contribution in [-0.2, 0) is 4.79 Å². The number of allylic oxidation sites excluding steroid dienone is 1. The number of hydrogen-bond acceptors (Lipinski definition) is 2. The standard InChI is InChI=1S/C33H66N2O/c1-5-7-9-11-13-15-16-17-18-19-20-21-22-24-26-28-30-35-33(36)32(31(3)4)34-29-27-25-23-14-12-10-8-6-2/h6,31-32,34H,2,5,7-30H2,1,3-4H3,(H,35,36)/t32-/m0/s1. The summed E-state index contributed by atoms with van der Waals surface area (Å²) in [5.41, 5.74) is 0. The first-order valence-electron chi connectivity index (χ1n) is 16.3. The van der Waals surface area contributed by atoms with Gasteiger partial charge in [-0.05, 0) is 38.1 Å². The van der Waals surface area contributed by atoms with Crippen LogP contribution in [0.4, 0.5) is 0 Å². The fourth-order valence-corrected chi connectivity index (χ4v) is 5.00. The average molecular weight is 507 g/mol. The monoisotopic (exact) mass is 507 g/mol. The van der Waals surface area contributed by atoms with Crippen molar-refractivity contribution in [1.82, 2.24) is 10.6 Å². The second-order valence-electron chi connectivity index (χ2n) is 11.5. The van der Waals surface area contributed by atoms with E-state index in [2.05, 4.69) is 38.0 Å². The van der Waals surface area contributed by atoms with Crippen molar-refractivity contribution in [3.63, 3.8) is 0 Å². The van der Waals surface area contributed by atoms with Gasteiger partial charge in [0.2, 0.25) is 5.91 Å². The van der Waals surface area contributed by atoms with Gasteiger partial charge in [-0.3, -0.25) is 4.79 Å². The summed E-state index contributed by atoms with van der Waals surface area (Å²) in [7, 11) is 0. The van der Waals surface area contributed by atoms with Gasteiger partial charge in [0, 0.05) is 6.54 Å². The average Bonchev–Trinajstić information content (AvgIpc) is 2.86. The summed E-state index contributed by atoms with van der Waals surface area (Å²) in [6.07, 6.45) is 32.9. The molecule has 36 heavy (non-hydrogen) atoms. The van der Waals surface area contributed by atoms with E-state index in [4.69, 9.17) is 0 Å². The van der Waals surface area contributed by atoms with Gasteiger partial charge in [-0.2, -0.15) is 0 Å². The van der Waals surface area contributed by atoms with Gasteiger partial charge in [-0.15, -0.1) is 6.58 Å². The Morgan fingerprint density at radius 2 is 1.00 bits per heavy atom. The van der Waals surface area contributed by atoms with E-state index >= 15 is 0 Å². The third kappa shape index (κ3) is 24.8. The second kappa shape index (κ2) is 28.7. The lowest BCUT2D eigenvalue weighted by atomic mass is 10.0. The summed E-state index contributed by atoms with van der Waals surface area (Å²) in [6.45, 7) is 12.1. The van der Waals surface area contributed by atoms with Gasteiger partial charge in [0.1, 0.15) is 0 Å². The molecular formula is C33H66N2O. The van der Waals surface area contributed by atoms with Gasteiger partial charge in [-0.1, -0.05) is 149 Å². The van der Waals surface area contributed by atoms with Gasteiger partial charge in [-0.25, -0.2) is 0 Å². The first-order valence-corrected chi connectivity index (χ1v) is 16.3. The molecule has 0 heterocycles. The number of carbonyl (C=O) groups is 1. The molecule has 0 radical (unpaired) electrons. The molecular weight excluding hydrogens is 440 g/mol. The quantitative estimate of drug-likeness (QED) is 0.0782. The van der Waals surface area contributed by atoms with Crippen molar-refractivity contribution < 1.29 is 4.79 Å². The largest absolute Gasteiger partial charge is 0.355 e. The van der Waals surface area contributed by atoms with Crippen LogP contribution < -0.4 is 10.6 Å². The minimum absolute atomic E-state index is 0.0568. The van der Waals surface area contributed by atoms with Crippen LogP contribution in [0.1, 0.15) is 168 Å². The van der Waals surface area contributed by atoms with Gasteiger partial charge >= 0.3 is 0 Å². The fraction of sp³-hybridized carbons (Fsp3) is 0.909. The molecule has 0 bridgehead atoms. The van der Waals surface area contributed by atoms with E-state index in [-0.39, 0.29) is 11.9 Å². The normalized spacial score (nSPS) is 12.2. The molecule has 0 aromatic carbocycles. The molecule has 0 spiro atoms. The summed E-state index contributed by atoms with van der Waals surface area (Å²) in [4.78, 5) is 12.6. The van der Waals surface area contributed by atoms with Crippen LogP contribution in [0.3, 0.4) is 0 Å². The van der Waals surface area contributed by atoms with Crippen LogP contribution in [0.5, 0.6) is 0 Å². The smallest absolute Gasteiger partial charge is 0.237 e. The minimum Gasteiger partial charge on any atom is -0.355 e. The van der Waals surface area contributed by atoms with Crippen LogP contribution in [0.25, 0.3) is 0 Å². The summed E-state index contributed by atoms with van der Waals surface area (Å²) in [5.74, 6) is 0.519. The highest BCUT2D eigenvalue weighted by atomic mass is 16.2. The Hall–Kier alpha value is -0.830. The van der Waals surface area contributed by atoms with Crippen LogP contribution >= 0.6 is 0 Å². The molecule has 0 fully saturated rings. The lowest BCUT2D eigenvalue weighted by molar-refractivity contribution is -0.124. The summed E-state index contributed by atoms with van der Waals surface area (Å²) in [6, 6.07) is -0.0568. The number of amides is 1. The van der Waals surface area contributed by atoms with E-state index in [0.717, 1.165) is 32.4 Å². The van der Waals surface area contributed by atoms with Crippen molar-refractivity contribution in [1.29, 1.82) is 0 Å². The first kappa shape index (κ1) is 35.2. The summed E-state index contributed by atoms with van der Waals surface area (Å²) in [5, 5.41) is 6.70. The molecule has 214 valence electrons. The summed E-state index contributed by atoms with van der Waals surface area (Å²) < 4.78 is 0. The minimum atomic E-state index is -0.0568. The molecule has 0 rings (SSSR count). The highest BCUT2D eigenvalue weighted by Gasteiger charge is 2.20. The zero-order valence-corrected chi connectivity index (χ0v) is 25.0. The first-order chi connectivity index (χ1) is 17.6. The summed E-state index contributed by atoms with van der Waals surface area (Å²) >= 11 is 0. The SMILES string of the molecule is C=CCCCCCCCCN[C@H](C(=O)NCCCCCCCCCCCCCCCCCC)C(C)C. The van der Waals surface area contributed by atoms with E-state index in [9.17, 15) is 4.79 Å². The lowest BCUT2D eigenvalue weighted by Crippen LogP contribution is -2.47. The van der Waals surface area contributed by atoms with E-state index in [1.165, 1.54) is 128 Å². The third-order valence-electron chi connectivity index (χ3n) is 7.48. The van der Waals surface area contributed by atoms with Crippen molar-refractivity contribution in [2.75, 3.05) is 13.1 Å². The van der Waals surface area contributed by atoms with Crippen LogP contribution in [0.15, 0.2) is 12.7 Å². The fourth-order valence-electron chi connectivity index (χ4n) is 5.00. The molecule has 3 nitrogen and oxygen atoms in total. The number of nitrogens with one attached hydrogen (secondary N) is 2.